The molecule has 0 amide bonds. The molecule has 0 aromatic rings. The first-order valence-electron chi connectivity index (χ1n) is 5.00. The lowest BCUT2D eigenvalue weighted by Crippen LogP contribution is -2.34. The van der Waals surface area contributed by atoms with Gasteiger partial charge in [-0.1, -0.05) is 53.1 Å². The van der Waals surface area contributed by atoms with Gasteiger partial charge in [0.25, 0.3) is 0 Å². The molecule has 0 fully saturated rings. The van der Waals surface area contributed by atoms with Crippen molar-refractivity contribution in [1.82, 2.24) is 0 Å². The first-order chi connectivity index (χ1) is 5.46. The molecule has 0 heterocycles. The Balaban J connectivity index is 4.77. The number of hydrogen-bond donors (Lipinski definition) is 0. The van der Waals surface area contributed by atoms with Gasteiger partial charge < -0.3 is 0 Å². The monoisotopic (exact) mass is 212 g/mol. The highest BCUT2D eigenvalue weighted by molar-refractivity contribution is 6.84. The second-order valence-corrected chi connectivity index (χ2v) is 16.9. The molecule has 0 unspecified atom stereocenters. The van der Waals surface area contributed by atoms with Crippen LogP contribution < -0.4 is 0 Å². The van der Waals surface area contributed by atoms with Crippen molar-refractivity contribution in [3.8, 4) is 11.5 Å². The summed E-state index contributed by atoms with van der Waals surface area (Å²) in [4.78, 5) is 0. The maximum absolute atomic E-state index is 3.51. The standard InChI is InChI=1S/C11H24Si2/c1-11(2,13(6,7)8)9-10-12(3,4)5/h1-8H3. The van der Waals surface area contributed by atoms with E-state index in [2.05, 4.69) is 64.6 Å². The summed E-state index contributed by atoms with van der Waals surface area (Å²) in [5.74, 6) is 3.51. The third kappa shape index (κ3) is 4.68. The summed E-state index contributed by atoms with van der Waals surface area (Å²) in [5.41, 5.74) is 3.49. The Morgan fingerprint density at radius 2 is 1.23 bits per heavy atom. The van der Waals surface area contributed by atoms with Crippen LogP contribution in [-0.2, 0) is 0 Å². The van der Waals surface area contributed by atoms with Gasteiger partial charge in [-0.15, -0.1) is 11.5 Å². The minimum Gasteiger partial charge on any atom is -0.132 e. The van der Waals surface area contributed by atoms with Crippen molar-refractivity contribution >= 4 is 16.1 Å². The van der Waals surface area contributed by atoms with Crippen LogP contribution in [0.4, 0.5) is 0 Å². The Hall–Kier alpha value is -0.00623. The smallest absolute Gasteiger partial charge is 0.129 e. The second kappa shape index (κ2) is 3.63. The lowest BCUT2D eigenvalue weighted by Gasteiger charge is -2.32. The maximum atomic E-state index is 3.51. The van der Waals surface area contributed by atoms with Crippen LogP contribution in [0, 0.1) is 11.5 Å². The highest BCUT2D eigenvalue weighted by Crippen LogP contribution is 2.35. The zero-order valence-corrected chi connectivity index (χ0v) is 12.5. The van der Waals surface area contributed by atoms with E-state index >= 15 is 0 Å². The summed E-state index contributed by atoms with van der Waals surface area (Å²) in [7, 11) is -2.32. The van der Waals surface area contributed by atoms with Gasteiger partial charge >= 0.3 is 0 Å². The first kappa shape index (κ1) is 13.0. The molecule has 0 aliphatic heterocycles. The molecule has 0 N–H and O–H groups in total. The average Bonchev–Trinajstić information content (AvgIpc) is 1.79. The number of hydrogen-bond acceptors (Lipinski definition) is 0. The van der Waals surface area contributed by atoms with Crippen LogP contribution in [0.5, 0.6) is 0 Å². The van der Waals surface area contributed by atoms with Gasteiger partial charge in [0.15, 0.2) is 0 Å². The average molecular weight is 212 g/mol. The Labute approximate surface area is 86.1 Å². The van der Waals surface area contributed by atoms with E-state index in [-0.39, 0.29) is 5.04 Å². The van der Waals surface area contributed by atoms with Crippen molar-refractivity contribution in [3.63, 3.8) is 0 Å². The second-order valence-electron chi connectivity index (χ2n) is 6.38. The van der Waals surface area contributed by atoms with E-state index in [1.165, 1.54) is 0 Å². The SMILES string of the molecule is CC(C)(C#C[Si](C)(C)C)[Si](C)(C)C. The summed E-state index contributed by atoms with van der Waals surface area (Å²) >= 11 is 0. The normalized spacial score (nSPS) is 13.5. The molecule has 0 aromatic heterocycles. The molecule has 76 valence electrons. The van der Waals surface area contributed by atoms with Crippen molar-refractivity contribution in [2.24, 2.45) is 0 Å². The molecule has 0 atom stereocenters. The molecule has 0 rings (SSSR count). The van der Waals surface area contributed by atoms with Crippen LogP contribution >= 0.6 is 0 Å². The molecule has 2 heteroatoms. The highest BCUT2D eigenvalue weighted by Gasteiger charge is 2.33. The van der Waals surface area contributed by atoms with Crippen LogP contribution in [0.1, 0.15) is 13.8 Å². The molecule has 0 spiro atoms. The van der Waals surface area contributed by atoms with Crippen molar-refractivity contribution in [2.75, 3.05) is 0 Å². The fourth-order valence-corrected chi connectivity index (χ4v) is 1.78. The summed E-state index contributed by atoms with van der Waals surface area (Å²) in [5, 5.41) is 0.257. The molecule has 0 aliphatic carbocycles. The van der Waals surface area contributed by atoms with E-state index < -0.39 is 16.1 Å². The quantitative estimate of drug-likeness (QED) is 0.455. The van der Waals surface area contributed by atoms with E-state index in [1.54, 1.807) is 0 Å². The third-order valence-corrected chi connectivity index (χ3v) is 7.38. The van der Waals surface area contributed by atoms with Crippen LogP contribution in [0.25, 0.3) is 0 Å². The minimum atomic E-state index is -1.18. The predicted octanol–water partition coefficient (Wildman–Crippen LogP) is 3.99. The van der Waals surface area contributed by atoms with Crippen molar-refractivity contribution in [2.45, 2.75) is 58.2 Å². The number of rotatable bonds is 1. The van der Waals surface area contributed by atoms with E-state index in [4.69, 9.17) is 0 Å². The van der Waals surface area contributed by atoms with Crippen molar-refractivity contribution in [3.05, 3.63) is 0 Å². The largest absolute Gasteiger partial charge is 0.132 e. The Kier molecular flexibility index (Phi) is 3.62. The topological polar surface area (TPSA) is 0 Å². The van der Waals surface area contributed by atoms with Gasteiger partial charge in [0.05, 0.1) is 8.07 Å². The Morgan fingerprint density at radius 3 is 1.46 bits per heavy atom. The van der Waals surface area contributed by atoms with Gasteiger partial charge in [-0.05, 0) is 0 Å². The third-order valence-electron chi connectivity index (χ3n) is 2.62. The first-order valence-corrected chi connectivity index (χ1v) is 12.0. The molecular formula is C11H24Si2. The molecular weight excluding hydrogens is 188 g/mol. The summed E-state index contributed by atoms with van der Waals surface area (Å²) in [6.07, 6.45) is 0. The molecule has 0 bridgehead atoms. The minimum absolute atomic E-state index is 0.257. The van der Waals surface area contributed by atoms with Crippen molar-refractivity contribution < 1.29 is 0 Å². The van der Waals surface area contributed by atoms with Gasteiger partial charge in [-0.2, -0.15) is 0 Å². The van der Waals surface area contributed by atoms with Crippen LogP contribution in [0.15, 0.2) is 0 Å². The van der Waals surface area contributed by atoms with Crippen molar-refractivity contribution in [1.29, 1.82) is 0 Å². The van der Waals surface area contributed by atoms with Gasteiger partial charge in [0, 0.05) is 5.04 Å². The molecule has 0 saturated heterocycles. The molecule has 0 radical (unpaired) electrons. The summed E-state index contributed by atoms with van der Waals surface area (Å²) in [6, 6.07) is 0. The van der Waals surface area contributed by atoms with Gasteiger partial charge in [-0.25, -0.2) is 0 Å². The zero-order chi connectivity index (χ0) is 10.9. The molecule has 0 nitrogen and oxygen atoms in total. The Morgan fingerprint density at radius 1 is 0.846 bits per heavy atom. The Bertz CT molecular complexity index is 228. The van der Waals surface area contributed by atoms with Crippen LogP contribution in [-0.4, -0.2) is 16.1 Å². The van der Waals surface area contributed by atoms with Gasteiger partial charge in [-0.3, -0.25) is 0 Å². The predicted molar refractivity (Wildman–Crippen MR) is 68.5 cm³/mol. The van der Waals surface area contributed by atoms with Gasteiger partial charge in [0.1, 0.15) is 8.07 Å². The molecule has 0 aliphatic rings. The maximum Gasteiger partial charge on any atom is 0.129 e. The summed E-state index contributed by atoms with van der Waals surface area (Å²) in [6.45, 7) is 18.7. The lowest BCUT2D eigenvalue weighted by atomic mass is 10.2. The summed E-state index contributed by atoms with van der Waals surface area (Å²) < 4.78 is 0. The fourth-order valence-electron chi connectivity index (χ4n) is 0.531. The fraction of sp³-hybridized carbons (Fsp3) is 0.818. The van der Waals surface area contributed by atoms with Gasteiger partial charge in [0.2, 0.25) is 0 Å². The molecule has 0 saturated carbocycles. The molecule has 13 heavy (non-hydrogen) atoms. The van der Waals surface area contributed by atoms with Crippen LogP contribution in [0.3, 0.4) is 0 Å². The van der Waals surface area contributed by atoms with E-state index in [1.807, 2.05) is 0 Å². The van der Waals surface area contributed by atoms with E-state index in [0.717, 1.165) is 0 Å². The van der Waals surface area contributed by atoms with Crippen LogP contribution in [0.2, 0.25) is 44.3 Å². The van der Waals surface area contributed by atoms with E-state index in [0.29, 0.717) is 0 Å². The lowest BCUT2D eigenvalue weighted by molar-refractivity contribution is 0.844. The molecule has 0 aromatic carbocycles. The zero-order valence-electron chi connectivity index (χ0n) is 10.5. The van der Waals surface area contributed by atoms with E-state index in [9.17, 15) is 0 Å². The highest BCUT2D eigenvalue weighted by atomic mass is 28.3.